The van der Waals surface area contributed by atoms with Gasteiger partial charge in [-0.3, -0.25) is 4.79 Å². The zero-order valence-electron chi connectivity index (χ0n) is 15.1. The van der Waals surface area contributed by atoms with Crippen LogP contribution in [0, 0.1) is 5.82 Å². The Morgan fingerprint density at radius 2 is 1.77 bits per heavy atom. The molecule has 2 aromatic rings. The molecule has 138 valence electrons. The van der Waals surface area contributed by atoms with Crippen molar-refractivity contribution < 1.29 is 9.18 Å². The quantitative estimate of drug-likeness (QED) is 0.712. The molecule has 0 aliphatic carbocycles. The lowest BCUT2D eigenvalue weighted by Gasteiger charge is -2.36. The summed E-state index contributed by atoms with van der Waals surface area (Å²) in [7, 11) is 2.13. The number of hydrogen-bond donors (Lipinski definition) is 0. The molecule has 0 N–H and O–H groups in total. The van der Waals surface area contributed by atoms with E-state index in [-0.39, 0.29) is 11.7 Å². The molecule has 0 saturated carbocycles. The summed E-state index contributed by atoms with van der Waals surface area (Å²) in [6.07, 6.45) is 1.97. The van der Waals surface area contributed by atoms with Crippen molar-refractivity contribution in [3.8, 4) is 0 Å². The molecule has 1 aliphatic rings. The number of hydrogen-bond acceptors (Lipinski definition) is 3. The Hall–Kier alpha value is -1.85. The van der Waals surface area contributed by atoms with Crippen LogP contribution in [0.25, 0.3) is 0 Å². The average molecular weight is 373 g/mol. The number of carbonyl (C=O) groups excluding carboxylic acids is 1. The molecule has 0 unspecified atom stereocenters. The standard InChI is InChI=1S/C21H25FN2OS/c1-23(15-16-26-20-10-6-5-9-19(20)22)18-11-13-24(14-12-18)21(25)17-7-3-2-4-8-17/h2-10,18H,11-16H2,1H3. The lowest BCUT2D eigenvalue weighted by Crippen LogP contribution is -2.46. The highest BCUT2D eigenvalue weighted by Gasteiger charge is 2.25. The van der Waals surface area contributed by atoms with Crippen molar-refractivity contribution in [2.75, 3.05) is 32.4 Å². The Bertz CT molecular complexity index is 717. The van der Waals surface area contributed by atoms with E-state index in [0.29, 0.717) is 10.9 Å². The Labute approximate surface area is 159 Å². The first-order chi connectivity index (χ1) is 12.6. The van der Waals surface area contributed by atoms with Gasteiger partial charge in [0.1, 0.15) is 5.82 Å². The molecule has 1 saturated heterocycles. The molecule has 1 fully saturated rings. The maximum Gasteiger partial charge on any atom is 0.253 e. The first-order valence-corrected chi connectivity index (χ1v) is 10.1. The summed E-state index contributed by atoms with van der Waals surface area (Å²) in [4.78, 5) is 17.5. The van der Waals surface area contributed by atoms with Crippen LogP contribution in [-0.2, 0) is 0 Å². The van der Waals surface area contributed by atoms with Crippen LogP contribution in [0.15, 0.2) is 59.5 Å². The normalized spacial score (nSPS) is 15.4. The molecule has 1 aliphatic heterocycles. The van der Waals surface area contributed by atoms with Crippen molar-refractivity contribution in [3.05, 3.63) is 66.0 Å². The second-order valence-electron chi connectivity index (χ2n) is 6.65. The predicted molar refractivity (Wildman–Crippen MR) is 105 cm³/mol. The average Bonchev–Trinajstić information content (AvgIpc) is 2.69. The van der Waals surface area contributed by atoms with Crippen molar-refractivity contribution in [3.63, 3.8) is 0 Å². The van der Waals surface area contributed by atoms with E-state index in [9.17, 15) is 9.18 Å². The van der Waals surface area contributed by atoms with Gasteiger partial charge in [-0.1, -0.05) is 30.3 Å². The van der Waals surface area contributed by atoms with Gasteiger partial charge in [0, 0.05) is 41.9 Å². The fraction of sp³-hybridized carbons (Fsp3) is 0.381. The van der Waals surface area contributed by atoms with Gasteiger partial charge in [0.2, 0.25) is 0 Å². The molecular weight excluding hydrogens is 347 g/mol. The minimum absolute atomic E-state index is 0.127. The highest BCUT2D eigenvalue weighted by atomic mass is 32.2. The van der Waals surface area contributed by atoms with Crippen LogP contribution in [-0.4, -0.2) is 54.2 Å². The number of piperidine rings is 1. The Kier molecular flexibility index (Phi) is 6.69. The van der Waals surface area contributed by atoms with Gasteiger partial charge in [-0.2, -0.15) is 0 Å². The van der Waals surface area contributed by atoms with E-state index < -0.39 is 0 Å². The van der Waals surface area contributed by atoms with E-state index >= 15 is 0 Å². The van der Waals surface area contributed by atoms with Crippen LogP contribution in [0.3, 0.4) is 0 Å². The summed E-state index contributed by atoms with van der Waals surface area (Å²) < 4.78 is 13.7. The van der Waals surface area contributed by atoms with Crippen LogP contribution >= 0.6 is 11.8 Å². The van der Waals surface area contributed by atoms with E-state index in [4.69, 9.17) is 0 Å². The molecule has 0 radical (unpaired) electrons. The van der Waals surface area contributed by atoms with Crippen LogP contribution in [0.2, 0.25) is 0 Å². The highest BCUT2D eigenvalue weighted by Crippen LogP contribution is 2.22. The number of amides is 1. The third kappa shape index (κ3) is 4.86. The Morgan fingerprint density at radius 3 is 2.46 bits per heavy atom. The fourth-order valence-corrected chi connectivity index (χ4v) is 4.30. The van der Waals surface area contributed by atoms with Gasteiger partial charge in [-0.15, -0.1) is 11.8 Å². The number of rotatable bonds is 6. The largest absolute Gasteiger partial charge is 0.339 e. The predicted octanol–water partition coefficient (Wildman–Crippen LogP) is 4.15. The number of benzene rings is 2. The van der Waals surface area contributed by atoms with Crippen molar-refractivity contribution in [2.24, 2.45) is 0 Å². The summed E-state index contributed by atoms with van der Waals surface area (Å²) in [6, 6.07) is 16.9. The third-order valence-corrected chi connectivity index (χ3v) is 5.96. The Morgan fingerprint density at radius 1 is 1.12 bits per heavy atom. The zero-order chi connectivity index (χ0) is 18.4. The van der Waals surface area contributed by atoms with Gasteiger partial charge < -0.3 is 9.80 Å². The first kappa shape index (κ1) is 18.9. The lowest BCUT2D eigenvalue weighted by atomic mass is 10.0. The van der Waals surface area contributed by atoms with Crippen LogP contribution < -0.4 is 0 Å². The molecule has 0 atom stereocenters. The molecule has 26 heavy (non-hydrogen) atoms. The summed E-state index contributed by atoms with van der Waals surface area (Å²) in [5.74, 6) is 0.843. The van der Waals surface area contributed by atoms with Gasteiger partial charge in [0.05, 0.1) is 0 Å². The van der Waals surface area contributed by atoms with E-state index in [2.05, 4.69) is 11.9 Å². The van der Waals surface area contributed by atoms with Crippen LogP contribution in [0.1, 0.15) is 23.2 Å². The molecule has 0 bridgehead atoms. The Balaban J connectivity index is 1.43. The number of thioether (sulfide) groups is 1. The topological polar surface area (TPSA) is 23.6 Å². The maximum atomic E-state index is 13.7. The second-order valence-corrected chi connectivity index (χ2v) is 7.79. The second kappa shape index (κ2) is 9.19. The lowest BCUT2D eigenvalue weighted by molar-refractivity contribution is 0.0651. The van der Waals surface area contributed by atoms with Crippen molar-refractivity contribution in [2.45, 2.75) is 23.8 Å². The summed E-state index contributed by atoms with van der Waals surface area (Å²) in [5.41, 5.74) is 0.764. The minimum Gasteiger partial charge on any atom is -0.339 e. The van der Waals surface area contributed by atoms with Crippen molar-refractivity contribution >= 4 is 17.7 Å². The maximum absolute atomic E-state index is 13.7. The molecule has 2 aromatic carbocycles. The van der Waals surface area contributed by atoms with E-state index in [1.807, 2.05) is 47.4 Å². The monoisotopic (exact) mass is 372 g/mol. The summed E-state index contributed by atoms with van der Waals surface area (Å²) in [6.45, 7) is 2.50. The van der Waals surface area contributed by atoms with Crippen molar-refractivity contribution in [1.29, 1.82) is 0 Å². The molecule has 0 aromatic heterocycles. The smallest absolute Gasteiger partial charge is 0.253 e. The van der Waals surface area contributed by atoms with Gasteiger partial charge in [0.15, 0.2) is 0 Å². The molecule has 3 nitrogen and oxygen atoms in total. The SMILES string of the molecule is CN(CCSc1ccccc1F)C1CCN(C(=O)c2ccccc2)CC1. The molecule has 0 spiro atoms. The molecule has 3 rings (SSSR count). The van der Waals surface area contributed by atoms with Gasteiger partial charge in [-0.05, 0) is 44.2 Å². The minimum atomic E-state index is -0.145. The number of nitrogens with zero attached hydrogens (tertiary/aromatic N) is 2. The third-order valence-electron chi connectivity index (χ3n) is 4.93. The zero-order valence-corrected chi connectivity index (χ0v) is 15.9. The van der Waals surface area contributed by atoms with Crippen LogP contribution in [0.5, 0.6) is 0 Å². The van der Waals surface area contributed by atoms with Gasteiger partial charge >= 0.3 is 0 Å². The fourth-order valence-electron chi connectivity index (χ4n) is 3.32. The van der Waals surface area contributed by atoms with E-state index in [1.165, 1.54) is 6.07 Å². The molecule has 1 amide bonds. The van der Waals surface area contributed by atoms with Crippen LogP contribution in [0.4, 0.5) is 4.39 Å². The van der Waals surface area contributed by atoms with Crippen molar-refractivity contribution in [1.82, 2.24) is 9.80 Å². The number of likely N-dealkylation sites (tertiary alicyclic amines) is 1. The first-order valence-electron chi connectivity index (χ1n) is 9.07. The van der Waals surface area contributed by atoms with E-state index in [0.717, 1.165) is 43.8 Å². The summed E-state index contributed by atoms with van der Waals surface area (Å²) in [5, 5.41) is 0. The molecular formula is C21H25FN2OS. The summed E-state index contributed by atoms with van der Waals surface area (Å²) >= 11 is 1.56. The number of carbonyl (C=O) groups is 1. The van der Waals surface area contributed by atoms with Gasteiger partial charge in [-0.25, -0.2) is 4.39 Å². The highest BCUT2D eigenvalue weighted by molar-refractivity contribution is 7.99. The van der Waals surface area contributed by atoms with Gasteiger partial charge in [0.25, 0.3) is 5.91 Å². The molecule has 1 heterocycles. The number of halogens is 1. The molecule has 5 heteroatoms. The van der Waals surface area contributed by atoms with E-state index in [1.54, 1.807) is 17.8 Å².